The molecule has 0 saturated carbocycles. The van der Waals surface area contributed by atoms with Gasteiger partial charge in [-0.15, -0.1) is 0 Å². The first-order chi connectivity index (χ1) is 15.0. The summed E-state index contributed by atoms with van der Waals surface area (Å²) in [5, 5.41) is 2.65. The molecule has 0 unspecified atom stereocenters. The molecule has 6 nitrogen and oxygen atoms in total. The Morgan fingerprint density at radius 2 is 1.94 bits per heavy atom. The number of carbonyl (C=O) groups excluding carboxylic acids is 1. The van der Waals surface area contributed by atoms with Crippen LogP contribution >= 0.6 is 0 Å². The normalized spacial score (nSPS) is 12.0. The molecule has 0 aliphatic carbocycles. The van der Waals surface area contributed by atoms with Crippen molar-refractivity contribution in [2.45, 2.75) is 13.0 Å². The number of nitrogens with zero attached hydrogens (tertiary/aromatic N) is 2. The van der Waals surface area contributed by atoms with Crippen LogP contribution < -0.4 is 10.1 Å². The summed E-state index contributed by atoms with van der Waals surface area (Å²) in [6, 6.07) is 8.46. The van der Waals surface area contributed by atoms with E-state index in [2.05, 4.69) is 15.3 Å². The number of hydrogen-bond donors (Lipinski definition) is 1. The molecule has 31 heavy (non-hydrogen) atoms. The Bertz CT molecular complexity index is 1050. The molecule has 1 N–H and O–H groups in total. The summed E-state index contributed by atoms with van der Waals surface area (Å²) < 4.78 is 38.8. The first-order valence-corrected chi connectivity index (χ1v) is 9.46. The first kappa shape index (κ1) is 22.0. The molecule has 0 spiro atoms. The first-order valence-electron chi connectivity index (χ1n) is 9.46. The lowest BCUT2D eigenvalue weighted by molar-refractivity contribution is 0.0917. The van der Waals surface area contributed by atoms with E-state index >= 15 is 0 Å². The third-order valence-corrected chi connectivity index (χ3v) is 4.18. The minimum atomic E-state index is -0.682. The van der Waals surface area contributed by atoms with Gasteiger partial charge in [-0.3, -0.25) is 9.78 Å². The Hall–Kier alpha value is -3.65. The van der Waals surface area contributed by atoms with Crippen molar-refractivity contribution in [3.05, 3.63) is 83.3 Å². The summed E-state index contributed by atoms with van der Waals surface area (Å²) in [5.41, 5.74) is 0.627. The summed E-state index contributed by atoms with van der Waals surface area (Å²) in [4.78, 5) is 20.6. The van der Waals surface area contributed by atoms with Gasteiger partial charge in [-0.1, -0.05) is 12.1 Å². The van der Waals surface area contributed by atoms with Gasteiger partial charge < -0.3 is 14.8 Å². The van der Waals surface area contributed by atoms with Gasteiger partial charge in [0.1, 0.15) is 23.5 Å². The van der Waals surface area contributed by atoms with Crippen molar-refractivity contribution < 1.29 is 23.0 Å². The van der Waals surface area contributed by atoms with E-state index in [-0.39, 0.29) is 23.0 Å². The highest BCUT2D eigenvalue weighted by molar-refractivity contribution is 6.04. The molecule has 1 atom stereocenters. The standard InChI is InChI=1S/C23H21F2N3O3/c1-15(14-30-2)31-18-11-16(6-7-19-20(24)4-3-5-21(19)25)10-17(12-18)23(29)28-22-13-26-8-9-27-22/h3-13,15H,14H2,1-2H3,(H,27,28,29)/b7-6+/t15-/m0/s1. The van der Waals surface area contributed by atoms with Gasteiger partial charge in [0.25, 0.3) is 5.91 Å². The van der Waals surface area contributed by atoms with Crippen molar-refractivity contribution in [1.82, 2.24) is 9.97 Å². The average molecular weight is 425 g/mol. The van der Waals surface area contributed by atoms with E-state index in [9.17, 15) is 13.6 Å². The predicted molar refractivity (Wildman–Crippen MR) is 114 cm³/mol. The van der Waals surface area contributed by atoms with Gasteiger partial charge in [0.15, 0.2) is 5.82 Å². The van der Waals surface area contributed by atoms with Crippen molar-refractivity contribution >= 4 is 23.9 Å². The zero-order valence-electron chi connectivity index (χ0n) is 17.0. The van der Waals surface area contributed by atoms with E-state index in [1.165, 1.54) is 48.9 Å². The number of anilines is 1. The summed E-state index contributed by atoms with van der Waals surface area (Å²) in [7, 11) is 1.56. The molecular formula is C23H21F2N3O3. The van der Waals surface area contributed by atoms with Crippen molar-refractivity contribution in [2.24, 2.45) is 0 Å². The van der Waals surface area contributed by atoms with Crippen molar-refractivity contribution in [3.63, 3.8) is 0 Å². The number of aromatic nitrogens is 2. The molecule has 3 aromatic rings. The fraction of sp³-hybridized carbons (Fsp3) is 0.174. The lowest BCUT2D eigenvalue weighted by Crippen LogP contribution is -2.19. The Kier molecular flexibility index (Phi) is 7.40. The summed E-state index contributed by atoms with van der Waals surface area (Å²) in [5.74, 6) is -1.10. The minimum Gasteiger partial charge on any atom is -0.488 e. The van der Waals surface area contributed by atoms with Gasteiger partial charge in [0, 0.05) is 30.6 Å². The topological polar surface area (TPSA) is 73.3 Å². The second kappa shape index (κ2) is 10.4. The van der Waals surface area contributed by atoms with Gasteiger partial charge in [-0.25, -0.2) is 13.8 Å². The van der Waals surface area contributed by atoms with Gasteiger partial charge in [0.2, 0.25) is 0 Å². The third-order valence-electron chi connectivity index (χ3n) is 4.18. The molecule has 1 aromatic heterocycles. The molecule has 1 amide bonds. The average Bonchev–Trinajstić information content (AvgIpc) is 2.74. The minimum absolute atomic E-state index is 0.174. The highest BCUT2D eigenvalue weighted by Gasteiger charge is 2.12. The zero-order valence-corrected chi connectivity index (χ0v) is 17.0. The fourth-order valence-corrected chi connectivity index (χ4v) is 2.82. The predicted octanol–water partition coefficient (Wildman–Crippen LogP) is 4.59. The second-order valence-corrected chi connectivity index (χ2v) is 6.69. The van der Waals surface area contributed by atoms with E-state index in [4.69, 9.17) is 9.47 Å². The molecule has 0 bridgehead atoms. The summed E-state index contributed by atoms with van der Waals surface area (Å²) in [6.45, 7) is 2.17. The van der Waals surface area contributed by atoms with Crippen molar-refractivity contribution in [1.29, 1.82) is 0 Å². The van der Waals surface area contributed by atoms with Crippen LogP contribution in [0.2, 0.25) is 0 Å². The van der Waals surface area contributed by atoms with Crippen LogP contribution in [0.5, 0.6) is 5.75 Å². The molecule has 0 aliphatic heterocycles. The van der Waals surface area contributed by atoms with E-state index in [0.717, 1.165) is 0 Å². The molecule has 3 rings (SSSR count). The van der Waals surface area contributed by atoms with Crippen molar-refractivity contribution in [3.8, 4) is 5.75 Å². The summed E-state index contributed by atoms with van der Waals surface area (Å²) in [6.07, 6.45) is 6.91. The quantitative estimate of drug-likeness (QED) is 0.535. The largest absolute Gasteiger partial charge is 0.488 e. The Balaban J connectivity index is 1.92. The SMILES string of the molecule is COC[C@H](C)Oc1cc(/C=C/c2c(F)cccc2F)cc(C(=O)Nc2cnccn2)c1. The number of rotatable bonds is 8. The van der Waals surface area contributed by atoms with Crippen LogP contribution in [-0.4, -0.2) is 35.7 Å². The van der Waals surface area contributed by atoms with Gasteiger partial charge in [-0.05, 0) is 48.9 Å². The third kappa shape index (κ3) is 6.16. The van der Waals surface area contributed by atoms with Gasteiger partial charge in [-0.2, -0.15) is 0 Å². The van der Waals surface area contributed by atoms with Crippen molar-refractivity contribution in [2.75, 3.05) is 19.0 Å². The molecule has 0 radical (unpaired) electrons. The number of carbonyl (C=O) groups is 1. The Morgan fingerprint density at radius 3 is 2.61 bits per heavy atom. The fourth-order valence-electron chi connectivity index (χ4n) is 2.82. The van der Waals surface area contributed by atoms with Crippen LogP contribution in [-0.2, 0) is 4.74 Å². The van der Waals surface area contributed by atoms with E-state index in [1.807, 2.05) is 6.92 Å². The zero-order chi connectivity index (χ0) is 22.2. The molecule has 0 saturated heterocycles. The number of nitrogens with one attached hydrogen (secondary N) is 1. The van der Waals surface area contributed by atoms with Crippen LogP contribution in [0, 0.1) is 11.6 Å². The molecule has 8 heteroatoms. The molecule has 2 aromatic carbocycles. The number of benzene rings is 2. The highest BCUT2D eigenvalue weighted by atomic mass is 19.1. The highest BCUT2D eigenvalue weighted by Crippen LogP contribution is 2.23. The molecule has 160 valence electrons. The number of amides is 1. The van der Waals surface area contributed by atoms with E-state index in [0.29, 0.717) is 17.9 Å². The number of halogens is 2. The Labute approximate surface area is 178 Å². The maximum atomic E-state index is 13.9. The summed E-state index contributed by atoms with van der Waals surface area (Å²) >= 11 is 0. The molecule has 0 fully saturated rings. The number of hydrogen-bond acceptors (Lipinski definition) is 5. The lowest BCUT2D eigenvalue weighted by atomic mass is 10.1. The van der Waals surface area contributed by atoms with Gasteiger partial charge in [0.05, 0.1) is 12.8 Å². The van der Waals surface area contributed by atoms with Crippen LogP contribution in [0.15, 0.2) is 55.0 Å². The maximum Gasteiger partial charge on any atom is 0.257 e. The monoisotopic (exact) mass is 425 g/mol. The molecule has 1 heterocycles. The lowest BCUT2D eigenvalue weighted by Gasteiger charge is -2.15. The molecule has 0 aliphatic rings. The second-order valence-electron chi connectivity index (χ2n) is 6.69. The van der Waals surface area contributed by atoms with E-state index in [1.54, 1.807) is 25.3 Å². The van der Waals surface area contributed by atoms with Crippen LogP contribution in [0.3, 0.4) is 0 Å². The number of ether oxygens (including phenoxy) is 2. The number of methoxy groups -OCH3 is 1. The molecular weight excluding hydrogens is 404 g/mol. The smallest absolute Gasteiger partial charge is 0.257 e. The van der Waals surface area contributed by atoms with Gasteiger partial charge >= 0.3 is 0 Å². The van der Waals surface area contributed by atoms with Crippen LogP contribution in [0.25, 0.3) is 12.2 Å². The van der Waals surface area contributed by atoms with E-state index < -0.39 is 17.5 Å². The Morgan fingerprint density at radius 1 is 1.16 bits per heavy atom. The maximum absolute atomic E-state index is 13.9. The van der Waals surface area contributed by atoms with Crippen LogP contribution in [0.1, 0.15) is 28.4 Å². The van der Waals surface area contributed by atoms with Crippen LogP contribution in [0.4, 0.5) is 14.6 Å².